The monoisotopic (exact) mass is 276 g/mol. The lowest BCUT2D eigenvalue weighted by atomic mass is 10.0. The summed E-state index contributed by atoms with van der Waals surface area (Å²) in [7, 11) is 0. The van der Waals surface area contributed by atoms with E-state index in [1.54, 1.807) is 24.3 Å². The van der Waals surface area contributed by atoms with Crippen LogP contribution in [0, 0.1) is 0 Å². The second-order valence-electron chi connectivity index (χ2n) is 5.57. The predicted molar refractivity (Wildman–Crippen MR) is 81.8 cm³/mol. The minimum atomic E-state index is -0.217. The number of benzene rings is 1. The third-order valence-corrected chi connectivity index (χ3v) is 3.24. The fourth-order valence-electron chi connectivity index (χ4n) is 1.62. The fourth-order valence-corrected chi connectivity index (χ4v) is 1.62. The molecule has 0 saturated heterocycles. The Morgan fingerprint density at radius 3 is 2.20 bits per heavy atom. The van der Waals surface area contributed by atoms with Gasteiger partial charge in [-0.2, -0.15) is 0 Å². The third kappa shape index (κ3) is 5.03. The molecule has 0 aliphatic heterocycles. The zero-order valence-electron chi connectivity index (χ0n) is 12.7. The van der Waals surface area contributed by atoms with Crippen LogP contribution in [0.1, 0.15) is 57.3 Å². The SMILES string of the molecule is CCCC(=O)Nc1ccc(C(=O)NC(C)(C)CC)cc1. The summed E-state index contributed by atoms with van der Waals surface area (Å²) in [5.74, 6) is -0.0971. The van der Waals surface area contributed by atoms with E-state index in [0.29, 0.717) is 12.0 Å². The Labute approximate surface area is 121 Å². The van der Waals surface area contributed by atoms with Crippen LogP contribution in [-0.4, -0.2) is 17.4 Å². The minimum Gasteiger partial charge on any atom is -0.347 e. The standard InChI is InChI=1S/C16H24N2O2/c1-5-7-14(19)17-13-10-8-12(9-11-13)15(20)18-16(3,4)6-2/h8-11H,5-7H2,1-4H3,(H,17,19)(H,18,20). The number of carbonyl (C=O) groups is 2. The van der Waals surface area contributed by atoms with Crippen LogP contribution in [0.2, 0.25) is 0 Å². The average Bonchev–Trinajstić information content (AvgIpc) is 2.39. The van der Waals surface area contributed by atoms with Gasteiger partial charge in [-0.25, -0.2) is 0 Å². The van der Waals surface area contributed by atoms with Crippen molar-refractivity contribution >= 4 is 17.5 Å². The predicted octanol–water partition coefficient (Wildman–Crippen LogP) is 3.34. The summed E-state index contributed by atoms with van der Waals surface area (Å²) in [6.45, 7) is 7.98. The normalized spacial score (nSPS) is 11.0. The van der Waals surface area contributed by atoms with Crippen molar-refractivity contribution in [1.29, 1.82) is 0 Å². The Hall–Kier alpha value is -1.84. The molecule has 4 nitrogen and oxygen atoms in total. The Kier molecular flexibility index (Phi) is 5.74. The Balaban J connectivity index is 2.66. The zero-order valence-corrected chi connectivity index (χ0v) is 12.7. The second-order valence-corrected chi connectivity index (χ2v) is 5.57. The van der Waals surface area contributed by atoms with Gasteiger partial charge in [0, 0.05) is 23.2 Å². The largest absolute Gasteiger partial charge is 0.347 e. The molecule has 0 aliphatic rings. The molecule has 110 valence electrons. The molecule has 0 radical (unpaired) electrons. The van der Waals surface area contributed by atoms with Crippen molar-refractivity contribution in [1.82, 2.24) is 5.32 Å². The lowest BCUT2D eigenvalue weighted by molar-refractivity contribution is -0.116. The highest BCUT2D eigenvalue weighted by atomic mass is 16.2. The number of rotatable bonds is 6. The number of nitrogens with one attached hydrogen (secondary N) is 2. The van der Waals surface area contributed by atoms with E-state index < -0.39 is 0 Å². The molecule has 0 saturated carbocycles. The Morgan fingerprint density at radius 1 is 1.10 bits per heavy atom. The van der Waals surface area contributed by atoms with Crippen molar-refractivity contribution in [3.63, 3.8) is 0 Å². The van der Waals surface area contributed by atoms with Gasteiger partial charge in [0.15, 0.2) is 0 Å². The van der Waals surface area contributed by atoms with Crippen LogP contribution in [-0.2, 0) is 4.79 Å². The lowest BCUT2D eigenvalue weighted by Gasteiger charge is -2.24. The molecule has 1 aromatic carbocycles. The van der Waals surface area contributed by atoms with Crippen LogP contribution in [0.15, 0.2) is 24.3 Å². The molecule has 0 bridgehead atoms. The molecule has 1 aromatic rings. The second kappa shape index (κ2) is 7.08. The van der Waals surface area contributed by atoms with Gasteiger partial charge >= 0.3 is 0 Å². The van der Waals surface area contributed by atoms with E-state index in [1.165, 1.54) is 0 Å². The molecule has 4 heteroatoms. The molecule has 0 heterocycles. The van der Waals surface area contributed by atoms with Gasteiger partial charge in [-0.1, -0.05) is 13.8 Å². The van der Waals surface area contributed by atoms with Crippen LogP contribution >= 0.6 is 0 Å². The molecule has 20 heavy (non-hydrogen) atoms. The molecule has 2 N–H and O–H groups in total. The first kappa shape index (κ1) is 16.2. The van der Waals surface area contributed by atoms with Crippen LogP contribution < -0.4 is 10.6 Å². The van der Waals surface area contributed by atoms with Crippen molar-refractivity contribution in [3.05, 3.63) is 29.8 Å². The van der Waals surface area contributed by atoms with Crippen molar-refractivity contribution in [2.24, 2.45) is 0 Å². The van der Waals surface area contributed by atoms with Crippen LogP contribution in [0.5, 0.6) is 0 Å². The zero-order chi connectivity index (χ0) is 15.2. The van der Waals surface area contributed by atoms with E-state index in [1.807, 2.05) is 27.7 Å². The van der Waals surface area contributed by atoms with Gasteiger partial charge < -0.3 is 10.6 Å². The van der Waals surface area contributed by atoms with E-state index in [4.69, 9.17) is 0 Å². The summed E-state index contributed by atoms with van der Waals surface area (Å²) < 4.78 is 0. The summed E-state index contributed by atoms with van der Waals surface area (Å²) in [6, 6.07) is 6.95. The van der Waals surface area contributed by atoms with Crippen molar-refractivity contribution < 1.29 is 9.59 Å². The van der Waals surface area contributed by atoms with E-state index in [-0.39, 0.29) is 17.4 Å². The van der Waals surface area contributed by atoms with Gasteiger partial charge in [0.05, 0.1) is 0 Å². The smallest absolute Gasteiger partial charge is 0.251 e. The first-order valence-corrected chi connectivity index (χ1v) is 7.10. The van der Waals surface area contributed by atoms with E-state index in [9.17, 15) is 9.59 Å². The highest BCUT2D eigenvalue weighted by Crippen LogP contribution is 2.13. The maximum Gasteiger partial charge on any atom is 0.251 e. The molecule has 2 amide bonds. The molecular weight excluding hydrogens is 252 g/mol. The van der Waals surface area contributed by atoms with Gasteiger partial charge in [0.2, 0.25) is 5.91 Å². The summed E-state index contributed by atoms with van der Waals surface area (Å²) in [5, 5.41) is 5.77. The number of hydrogen-bond acceptors (Lipinski definition) is 2. The maximum absolute atomic E-state index is 12.1. The van der Waals surface area contributed by atoms with Crippen molar-refractivity contribution in [3.8, 4) is 0 Å². The highest BCUT2D eigenvalue weighted by molar-refractivity contribution is 5.96. The first-order valence-electron chi connectivity index (χ1n) is 7.10. The summed E-state index contributed by atoms with van der Waals surface area (Å²) in [6.07, 6.45) is 2.19. The minimum absolute atomic E-state index is 0.00295. The van der Waals surface area contributed by atoms with Crippen LogP contribution in [0.25, 0.3) is 0 Å². The Morgan fingerprint density at radius 2 is 1.70 bits per heavy atom. The first-order chi connectivity index (χ1) is 9.38. The Bertz CT molecular complexity index is 464. The summed E-state index contributed by atoms with van der Waals surface area (Å²) >= 11 is 0. The van der Waals surface area contributed by atoms with E-state index >= 15 is 0 Å². The molecule has 0 aliphatic carbocycles. The fraction of sp³-hybridized carbons (Fsp3) is 0.500. The number of hydrogen-bond donors (Lipinski definition) is 2. The molecular formula is C16H24N2O2. The van der Waals surface area contributed by atoms with Gasteiger partial charge in [-0.05, 0) is 51.0 Å². The molecule has 0 unspecified atom stereocenters. The third-order valence-electron chi connectivity index (χ3n) is 3.24. The van der Waals surface area contributed by atoms with E-state index in [0.717, 1.165) is 18.5 Å². The average molecular weight is 276 g/mol. The van der Waals surface area contributed by atoms with Crippen molar-refractivity contribution in [2.45, 2.75) is 52.5 Å². The summed E-state index contributed by atoms with van der Waals surface area (Å²) in [4.78, 5) is 23.5. The quantitative estimate of drug-likeness (QED) is 0.837. The maximum atomic E-state index is 12.1. The van der Waals surface area contributed by atoms with Crippen molar-refractivity contribution in [2.75, 3.05) is 5.32 Å². The molecule has 0 aromatic heterocycles. The highest BCUT2D eigenvalue weighted by Gasteiger charge is 2.18. The van der Waals surface area contributed by atoms with Gasteiger partial charge in [-0.15, -0.1) is 0 Å². The number of carbonyl (C=O) groups excluding carboxylic acids is 2. The van der Waals surface area contributed by atoms with E-state index in [2.05, 4.69) is 10.6 Å². The molecule has 1 rings (SSSR count). The summed E-state index contributed by atoms with van der Waals surface area (Å²) in [5.41, 5.74) is 1.10. The van der Waals surface area contributed by atoms with Gasteiger partial charge in [-0.3, -0.25) is 9.59 Å². The van der Waals surface area contributed by atoms with Gasteiger partial charge in [0.25, 0.3) is 5.91 Å². The van der Waals surface area contributed by atoms with Crippen LogP contribution in [0.3, 0.4) is 0 Å². The number of amides is 2. The molecule has 0 fully saturated rings. The lowest BCUT2D eigenvalue weighted by Crippen LogP contribution is -2.42. The number of anilines is 1. The van der Waals surface area contributed by atoms with Crippen LogP contribution in [0.4, 0.5) is 5.69 Å². The molecule has 0 atom stereocenters. The van der Waals surface area contributed by atoms with Gasteiger partial charge in [0.1, 0.15) is 0 Å². The topological polar surface area (TPSA) is 58.2 Å². The molecule has 0 spiro atoms.